The van der Waals surface area contributed by atoms with Crippen molar-refractivity contribution in [1.29, 1.82) is 0 Å². The first-order valence-electron chi connectivity index (χ1n) is 5.81. The maximum Gasteiger partial charge on any atom is 0.115 e. The number of morpholine rings is 1. The van der Waals surface area contributed by atoms with Gasteiger partial charge in [0.05, 0.1) is 13.2 Å². The number of phenols is 1. The molecule has 2 atom stereocenters. The van der Waals surface area contributed by atoms with Gasteiger partial charge in [0.25, 0.3) is 0 Å². The van der Waals surface area contributed by atoms with Gasteiger partial charge in [-0.3, -0.25) is 4.90 Å². The van der Waals surface area contributed by atoms with Crippen molar-refractivity contribution in [1.82, 2.24) is 4.90 Å². The van der Waals surface area contributed by atoms with Crippen molar-refractivity contribution in [3.8, 4) is 5.75 Å². The quantitative estimate of drug-likeness (QED) is 0.830. The zero-order valence-corrected chi connectivity index (χ0v) is 9.89. The highest BCUT2D eigenvalue weighted by Crippen LogP contribution is 2.25. The molecule has 0 spiro atoms. The standard InChI is InChI=1S/C13H19NO2/c1-10-9-16-8-7-14(10)11(2)12-3-5-13(15)6-4-12/h3-6,10-11,15H,7-9H2,1-2H3. The zero-order chi connectivity index (χ0) is 11.5. The van der Waals surface area contributed by atoms with Crippen LogP contribution in [0.1, 0.15) is 25.5 Å². The summed E-state index contributed by atoms with van der Waals surface area (Å²) in [5.74, 6) is 0.325. The van der Waals surface area contributed by atoms with E-state index < -0.39 is 0 Å². The summed E-state index contributed by atoms with van der Waals surface area (Å²) in [5, 5.41) is 9.27. The minimum Gasteiger partial charge on any atom is -0.508 e. The highest BCUT2D eigenvalue weighted by molar-refractivity contribution is 5.27. The molecule has 0 radical (unpaired) electrons. The number of phenolic OH excluding ortho intramolecular Hbond substituents is 1. The number of benzene rings is 1. The molecule has 88 valence electrons. The Morgan fingerprint density at radius 3 is 2.69 bits per heavy atom. The van der Waals surface area contributed by atoms with Gasteiger partial charge in [-0.25, -0.2) is 0 Å². The van der Waals surface area contributed by atoms with E-state index in [0.29, 0.717) is 17.8 Å². The summed E-state index contributed by atoms with van der Waals surface area (Å²) in [6.45, 7) is 6.99. The summed E-state index contributed by atoms with van der Waals surface area (Å²) in [4.78, 5) is 2.44. The molecule has 0 aromatic heterocycles. The number of hydrogen-bond acceptors (Lipinski definition) is 3. The number of aromatic hydroxyl groups is 1. The molecule has 2 rings (SSSR count). The zero-order valence-electron chi connectivity index (χ0n) is 9.89. The molecule has 3 nitrogen and oxygen atoms in total. The van der Waals surface area contributed by atoms with Crippen molar-refractivity contribution < 1.29 is 9.84 Å². The van der Waals surface area contributed by atoms with E-state index in [2.05, 4.69) is 18.7 Å². The molecule has 1 N–H and O–H groups in total. The van der Waals surface area contributed by atoms with E-state index in [1.807, 2.05) is 12.1 Å². The summed E-state index contributed by atoms with van der Waals surface area (Å²) in [5.41, 5.74) is 1.24. The molecule has 1 fully saturated rings. The van der Waals surface area contributed by atoms with E-state index in [1.165, 1.54) is 5.56 Å². The van der Waals surface area contributed by atoms with Crippen molar-refractivity contribution in [2.24, 2.45) is 0 Å². The third-order valence-corrected chi connectivity index (χ3v) is 3.29. The van der Waals surface area contributed by atoms with Crippen LogP contribution in [0.3, 0.4) is 0 Å². The largest absolute Gasteiger partial charge is 0.508 e. The van der Waals surface area contributed by atoms with E-state index in [4.69, 9.17) is 4.74 Å². The molecule has 0 amide bonds. The van der Waals surface area contributed by atoms with Crippen molar-refractivity contribution in [2.45, 2.75) is 25.9 Å². The topological polar surface area (TPSA) is 32.7 Å². The van der Waals surface area contributed by atoms with Gasteiger partial charge < -0.3 is 9.84 Å². The average molecular weight is 221 g/mol. The fraction of sp³-hybridized carbons (Fsp3) is 0.538. The molecule has 1 saturated heterocycles. The van der Waals surface area contributed by atoms with Gasteiger partial charge in [0.1, 0.15) is 5.75 Å². The van der Waals surface area contributed by atoms with Gasteiger partial charge >= 0.3 is 0 Å². The molecule has 1 heterocycles. The van der Waals surface area contributed by atoms with E-state index in [0.717, 1.165) is 19.8 Å². The second-order valence-corrected chi connectivity index (χ2v) is 4.43. The number of hydrogen-bond donors (Lipinski definition) is 1. The molecular weight excluding hydrogens is 202 g/mol. The molecule has 1 aromatic carbocycles. The van der Waals surface area contributed by atoms with Crippen molar-refractivity contribution in [3.05, 3.63) is 29.8 Å². The predicted octanol–water partition coefficient (Wildman–Crippen LogP) is 2.17. The number of rotatable bonds is 2. The van der Waals surface area contributed by atoms with E-state index in [1.54, 1.807) is 12.1 Å². The number of nitrogens with zero attached hydrogens (tertiary/aromatic N) is 1. The average Bonchev–Trinajstić information content (AvgIpc) is 2.30. The highest BCUT2D eigenvalue weighted by Gasteiger charge is 2.24. The normalized spacial score (nSPS) is 24.2. The van der Waals surface area contributed by atoms with Crippen LogP contribution in [0.25, 0.3) is 0 Å². The Bertz CT molecular complexity index is 336. The molecule has 2 unspecified atom stereocenters. The molecule has 0 saturated carbocycles. The maximum absolute atomic E-state index is 9.27. The molecule has 0 aliphatic carbocycles. The summed E-state index contributed by atoms with van der Waals surface area (Å²) in [6.07, 6.45) is 0. The first-order valence-corrected chi connectivity index (χ1v) is 5.81. The first kappa shape index (κ1) is 11.4. The van der Waals surface area contributed by atoms with Crippen LogP contribution in [0.2, 0.25) is 0 Å². The van der Waals surface area contributed by atoms with Crippen LogP contribution in [0.5, 0.6) is 5.75 Å². The van der Waals surface area contributed by atoms with Crippen LogP contribution in [-0.4, -0.2) is 35.8 Å². The van der Waals surface area contributed by atoms with E-state index in [9.17, 15) is 5.11 Å². The summed E-state index contributed by atoms with van der Waals surface area (Å²) < 4.78 is 5.44. The third-order valence-electron chi connectivity index (χ3n) is 3.29. The Morgan fingerprint density at radius 2 is 2.06 bits per heavy atom. The van der Waals surface area contributed by atoms with Crippen LogP contribution in [-0.2, 0) is 4.74 Å². The van der Waals surface area contributed by atoms with Gasteiger partial charge in [-0.15, -0.1) is 0 Å². The van der Waals surface area contributed by atoms with Crippen LogP contribution >= 0.6 is 0 Å². The van der Waals surface area contributed by atoms with Crippen molar-refractivity contribution >= 4 is 0 Å². The van der Waals surface area contributed by atoms with Gasteiger partial charge in [-0.1, -0.05) is 12.1 Å². The monoisotopic (exact) mass is 221 g/mol. The van der Waals surface area contributed by atoms with Crippen LogP contribution in [0.15, 0.2) is 24.3 Å². The third kappa shape index (κ3) is 2.36. The lowest BCUT2D eigenvalue weighted by atomic mass is 10.0. The van der Waals surface area contributed by atoms with E-state index in [-0.39, 0.29) is 0 Å². The summed E-state index contributed by atoms with van der Waals surface area (Å²) >= 11 is 0. The second-order valence-electron chi connectivity index (χ2n) is 4.43. The SMILES string of the molecule is CC1COCCN1C(C)c1ccc(O)cc1. The Morgan fingerprint density at radius 1 is 1.38 bits per heavy atom. The predicted molar refractivity (Wildman–Crippen MR) is 63.5 cm³/mol. The van der Waals surface area contributed by atoms with Crippen LogP contribution in [0.4, 0.5) is 0 Å². The van der Waals surface area contributed by atoms with Gasteiger partial charge in [0.2, 0.25) is 0 Å². The van der Waals surface area contributed by atoms with Gasteiger partial charge in [0, 0.05) is 18.6 Å². The minimum absolute atomic E-state index is 0.325. The van der Waals surface area contributed by atoms with Gasteiger partial charge in [-0.05, 0) is 31.5 Å². The lowest BCUT2D eigenvalue weighted by molar-refractivity contribution is -0.0190. The molecule has 1 aliphatic heterocycles. The second kappa shape index (κ2) is 4.85. The molecule has 1 aliphatic rings. The Kier molecular flexibility index (Phi) is 3.46. The Labute approximate surface area is 96.6 Å². The first-order chi connectivity index (χ1) is 7.68. The number of ether oxygens (including phenoxy) is 1. The fourth-order valence-corrected chi connectivity index (χ4v) is 2.26. The fourth-order valence-electron chi connectivity index (χ4n) is 2.26. The molecule has 1 aromatic rings. The lowest BCUT2D eigenvalue weighted by Gasteiger charge is -2.38. The van der Waals surface area contributed by atoms with E-state index >= 15 is 0 Å². The molecule has 0 bridgehead atoms. The van der Waals surface area contributed by atoms with Crippen LogP contribution < -0.4 is 0 Å². The Balaban J connectivity index is 2.11. The Hall–Kier alpha value is -1.06. The highest BCUT2D eigenvalue weighted by atomic mass is 16.5. The summed E-state index contributed by atoms with van der Waals surface area (Å²) in [7, 11) is 0. The molecule has 3 heteroatoms. The van der Waals surface area contributed by atoms with Crippen molar-refractivity contribution in [3.63, 3.8) is 0 Å². The smallest absolute Gasteiger partial charge is 0.115 e. The lowest BCUT2D eigenvalue weighted by Crippen LogP contribution is -2.44. The van der Waals surface area contributed by atoms with Crippen molar-refractivity contribution in [2.75, 3.05) is 19.8 Å². The molecule has 16 heavy (non-hydrogen) atoms. The molecular formula is C13H19NO2. The maximum atomic E-state index is 9.27. The van der Waals surface area contributed by atoms with Gasteiger partial charge in [0.15, 0.2) is 0 Å². The minimum atomic E-state index is 0.325. The van der Waals surface area contributed by atoms with Crippen LogP contribution in [0, 0.1) is 0 Å². The summed E-state index contributed by atoms with van der Waals surface area (Å²) in [6, 6.07) is 8.30. The van der Waals surface area contributed by atoms with Gasteiger partial charge in [-0.2, -0.15) is 0 Å².